The predicted octanol–water partition coefficient (Wildman–Crippen LogP) is 34.8. The van der Waals surface area contributed by atoms with Gasteiger partial charge in [-0.05, 0) is 223 Å². The first-order valence-electron chi connectivity index (χ1n) is 46.8. The summed E-state index contributed by atoms with van der Waals surface area (Å²) in [6, 6.07) is 189. The van der Waals surface area contributed by atoms with Gasteiger partial charge in [-0.2, -0.15) is 0 Å². The van der Waals surface area contributed by atoms with E-state index in [1.807, 2.05) is 0 Å². The first kappa shape index (κ1) is 78.9. The summed E-state index contributed by atoms with van der Waals surface area (Å²) < 4.78 is 14.6. The fourth-order valence-corrected chi connectivity index (χ4v) is 21.5. The van der Waals surface area contributed by atoms with Gasteiger partial charge < -0.3 is 27.4 Å². The lowest BCUT2D eigenvalue weighted by molar-refractivity contribution is 1.17. The molecule has 22 aromatic carbocycles. The zero-order valence-corrected chi connectivity index (χ0v) is 74.3. The second-order valence-corrected chi connectivity index (χ2v) is 35.4. The standard InChI is InChI=1S/C48H32N2.C42H28N2.C40H26N2/c1-4-15-33(16-5-1)36-21-14-22-39(28-36)49-45-25-12-10-23-41(45)43-32-48-44(31-47(43)49)42-24-11-13-26-46(42)50(48)40-29-37(34-17-6-2-7-18-34)27-38(30-40)35-19-8-3-9-20-35;1-3-11-29(12-4-1)31-19-23-33(24-20-31)43-39-18-10-8-16-37(39)41-40(43)28-27-36-35-15-7-9-17-38(35)44(42(36)41)34-25-21-32(22-26-34)30-13-5-2-6-14-30;1-2-11-27(12-3-1)30-15-10-16-31(23-30)41-37-19-8-6-17-33(37)35-26-40-36(25-39(35)41)34-18-7-9-20-38(34)42(40)32-22-21-28-13-4-5-14-29(28)24-32/h1-32H;1-28H;1-26H. The fourth-order valence-electron chi connectivity index (χ4n) is 21.5. The second kappa shape index (κ2) is 33.1. The summed E-state index contributed by atoms with van der Waals surface area (Å²) >= 11 is 0. The minimum absolute atomic E-state index is 1.15. The highest BCUT2D eigenvalue weighted by Crippen LogP contribution is 2.47. The predicted molar refractivity (Wildman–Crippen MR) is 575 cm³/mol. The molecule has 0 fully saturated rings. The summed E-state index contributed by atoms with van der Waals surface area (Å²) in [4.78, 5) is 0. The van der Waals surface area contributed by atoms with Gasteiger partial charge in [-0.3, -0.25) is 0 Å². The van der Waals surface area contributed by atoms with E-state index >= 15 is 0 Å². The van der Waals surface area contributed by atoms with Gasteiger partial charge in [0.2, 0.25) is 0 Å². The number of nitrogens with zero attached hydrogens (tertiary/aromatic N) is 6. The van der Waals surface area contributed by atoms with Crippen molar-refractivity contribution >= 4 is 142 Å². The van der Waals surface area contributed by atoms with Gasteiger partial charge in [-0.15, -0.1) is 0 Å². The van der Waals surface area contributed by atoms with Crippen LogP contribution in [0, 0.1) is 0 Å². The summed E-state index contributed by atoms with van der Waals surface area (Å²) in [6.45, 7) is 0. The zero-order chi connectivity index (χ0) is 89.7. The highest BCUT2D eigenvalue weighted by molar-refractivity contribution is 6.27. The molecule has 636 valence electrons. The number of hydrogen-bond acceptors (Lipinski definition) is 0. The van der Waals surface area contributed by atoms with Gasteiger partial charge in [0.1, 0.15) is 0 Å². The molecule has 6 heterocycles. The third-order valence-corrected chi connectivity index (χ3v) is 27.7. The van der Waals surface area contributed by atoms with Crippen molar-refractivity contribution in [2.45, 2.75) is 0 Å². The maximum atomic E-state index is 2.46. The molecule has 0 N–H and O–H groups in total. The van der Waals surface area contributed by atoms with Crippen molar-refractivity contribution in [1.29, 1.82) is 0 Å². The maximum absolute atomic E-state index is 2.46. The van der Waals surface area contributed by atoms with Gasteiger partial charge >= 0.3 is 0 Å². The van der Waals surface area contributed by atoms with E-state index in [0.717, 1.165) is 22.7 Å². The van der Waals surface area contributed by atoms with Gasteiger partial charge in [0.15, 0.2) is 0 Å². The number of rotatable bonds is 12. The van der Waals surface area contributed by atoms with Crippen LogP contribution >= 0.6 is 0 Å². The number of hydrogen-bond donors (Lipinski definition) is 0. The van der Waals surface area contributed by atoms with Crippen molar-refractivity contribution < 1.29 is 0 Å². The number of benzene rings is 22. The van der Waals surface area contributed by atoms with E-state index in [0.29, 0.717) is 0 Å². The molecule has 6 aromatic heterocycles. The van der Waals surface area contributed by atoms with Crippen LogP contribution in [0.3, 0.4) is 0 Å². The summed E-state index contributed by atoms with van der Waals surface area (Å²) in [5, 5.41) is 17.6. The average Bonchev–Trinajstić information content (AvgIpc) is 1.55. The Hall–Kier alpha value is -18.1. The molecule has 0 aliphatic heterocycles. The van der Waals surface area contributed by atoms with Crippen LogP contribution in [-0.2, 0) is 0 Å². The van der Waals surface area contributed by atoms with Crippen LogP contribution in [0.15, 0.2) is 522 Å². The van der Waals surface area contributed by atoms with Crippen molar-refractivity contribution in [2.24, 2.45) is 0 Å². The molecular weight excluding hydrogens is 1650 g/mol. The molecule has 0 atom stereocenters. The summed E-state index contributed by atoms with van der Waals surface area (Å²) in [5.41, 5.74) is 36.1. The van der Waals surface area contributed by atoms with Gasteiger partial charge in [0.05, 0.1) is 66.2 Å². The first-order chi connectivity index (χ1) is 67.5. The molecular formula is C130H86N6. The Morgan fingerprint density at radius 2 is 0.368 bits per heavy atom. The van der Waals surface area contributed by atoms with Crippen molar-refractivity contribution in [3.05, 3.63) is 522 Å². The van der Waals surface area contributed by atoms with Crippen molar-refractivity contribution in [3.63, 3.8) is 0 Å². The molecule has 0 radical (unpaired) electrons. The normalized spacial score (nSPS) is 11.7. The van der Waals surface area contributed by atoms with E-state index < -0.39 is 0 Å². The van der Waals surface area contributed by atoms with E-state index in [4.69, 9.17) is 0 Å². The third-order valence-electron chi connectivity index (χ3n) is 27.7. The first-order valence-corrected chi connectivity index (χ1v) is 46.8. The molecule has 0 aliphatic rings. The molecule has 28 rings (SSSR count). The summed E-state index contributed by atoms with van der Waals surface area (Å²) in [6.07, 6.45) is 0. The SMILES string of the molecule is c1ccc(-c2ccc(-n3c4ccccc4c4c3ccc3c5ccccc5n(-c5ccc(-c6ccccc6)cc5)c34)cc2)cc1.c1ccc(-c2cccc(-n3c4ccccc4c4cc5c(cc43)c3ccccc3n5-c3cc(-c4ccccc4)cc(-c4ccccc4)c3)c2)cc1.c1ccc(-c2cccc(-n3c4ccccc4c4cc5c(cc43)c3ccccc3n5-c3ccc4ccccc4c3)c2)cc1. The average molecular weight is 1730 g/mol. The van der Waals surface area contributed by atoms with Gasteiger partial charge in [-0.1, -0.05) is 376 Å². The van der Waals surface area contributed by atoms with Crippen LogP contribution in [0.1, 0.15) is 0 Å². The Labute approximate surface area is 786 Å². The molecule has 0 saturated heterocycles. The molecule has 0 saturated carbocycles. The zero-order valence-electron chi connectivity index (χ0n) is 74.3. The van der Waals surface area contributed by atoms with Crippen LogP contribution in [0.25, 0.3) is 242 Å². The van der Waals surface area contributed by atoms with Gasteiger partial charge in [0, 0.05) is 98.8 Å². The van der Waals surface area contributed by atoms with E-state index in [9.17, 15) is 0 Å². The van der Waals surface area contributed by atoms with Gasteiger partial charge in [-0.25, -0.2) is 0 Å². The Morgan fingerprint density at radius 1 is 0.103 bits per heavy atom. The topological polar surface area (TPSA) is 29.6 Å². The maximum Gasteiger partial charge on any atom is 0.0641 e. The van der Waals surface area contributed by atoms with E-state index in [1.165, 1.54) is 220 Å². The van der Waals surface area contributed by atoms with Crippen LogP contribution in [0.5, 0.6) is 0 Å². The quantitative estimate of drug-likeness (QED) is 0.117. The minimum Gasteiger partial charge on any atom is -0.309 e. The Balaban J connectivity index is 0.000000106. The Bertz CT molecular complexity index is 9430. The highest BCUT2D eigenvalue weighted by Gasteiger charge is 2.26. The molecule has 0 spiro atoms. The van der Waals surface area contributed by atoms with Crippen molar-refractivity contribution in [2.75, 3.05) is 0 Å². The van der Waals surface area contributed by atoms with E-state index in [1.54, 1.807) is 0 Å². The van der Waals surface area contributed by atoms with E-state index in [-0.39, 0.29) is 0 Å². The Morgan fingerprint density at radius 3 is 0.765 bits per heavy atom. The molecule has 136 heavy (non-hydrogen) atoms. The second-order valence-electron chi connectivity index (χ2n) is 35.4. The van der Waals surface area contributed by atoms with Crippen molar-refractivity contribution in [1.82, 2.24) is 27.4 Å². The number of aromatic nitrogens is 6. The molecule has 0 aliphatic carbocycles. The highest BCUT2D eigenvalue weighted by atomic mass is 15.0. The fraction of sp³-hybridized carbons (Fsp3) is 0. The lowest BCUT2D eigenvalue weighted by Crippen LogP contribution is -1.96. The van der Waals surface area contributed by atoms with Crippen molar-refractivity contribution in [3.8, 4) is 101 Å². The lowest BCUT2D eigenvalue weighted by Gasteiger charge is -2.14. The Kier molecular flexibility index (Phi) is 19.2. The van der Waals surface area contributed by atoms with Crippen LogP contribution in [0.2, 0.25) is 0 Å². The van der Waals surface area contributed by atoms with Gasteiger partial charge in [0.25, 0.3) is 0 Å². The summed E-state index contributed by atoms with van der Waals surface area (Å²) in [7, 11) is 0. The molecule has 6 heteroatoms. The largest absolute Gasteiger partial charge is 0.309 e. The van der Waals surface area contributed by atoms with Crippen LogP contribution in [-0.4, -0.2) is 27.4 Å². The summed E-state index contributed by atoms with van der Waals surface area (Å²) in [5.74, 6) is 0. The molecule has 0 bridgehead atoms. The van der Waals surface area contributed by atoms with Crippen LogP contribution in [0.4, 0.5) is 0 Å². The van der Waals surface area contributed by atoms with Crippen LogP contribution < -0.4 is 0 Å². The third kappa shape index (κ3) is 13.5. The van der Waals surface area contributed by atoms with E-state index in [2.05, 4.69) is 549 Å². The lowest BCUT2D eigenvalue weighted by atomic mass is 9.98. The smallest absolute Gasteiger partial charge is 0.0641 e. The molecule has 0 amide bonds. The number of fused-ring (bicyclic) bond motifs is 20. The molecule has 28 aromatic rings. The monoisotopic (exact) mass is 1730 g/mol. The molecule has 6 nitrogen and oxygen atoms in total. The number of para-hydroxylation sites is 6. The molecule has 0 unspecified atom stereocenters. The minimum atomic E-state index is 1.15.